The van der Waals surface area contributed by atoms with Crippen molar-refractivity contribution < 1.29 is 9.18 Å². The van der Waals surface area contributed by atoms with E-state index in [0.29, 0.717) is 28.2 Å². The number of hydrogen-bond acceptors (Lipinski definition) is 3. The van der Waals surface area contributed by atoms with Crippen LogP contribution in [0.4, 0.5) is 4.39 Å². The summed E-state index contributed by atoms with van der Waals surface area (Å²) in [6.45, 7) is 6.98. The minimum absolute atomic E-state index is 0.0347. The van der Waals surface area contributed by atoms with Gasteiger partial charge in [0, 0.05) is 35.1 Å². The van der Waals surface area contributed by atoms with E-state index in [1.165, 1.54) is 51.3 Å². The third-order valence-electron chi connectivity index (χ3n) is 9.22. The topological polar surface area (TPSA) is 26.8 Å². The predicted octanol–water partition coefficient (Wildman–Crippen LogP) is 7.23. The first-order valence-corrected chi connectivity index (χ1v) is 15.6. The fourth-order valence-corrected chi connectivity index (χ4v) is 7.41. The Morgan fingerprint density at radius 2 is 1.67 bits per heavy atom. The molecule has 0 N–H and O–H groups in total. The summed E-state index contributed by atoms with van der Waals surface area (Å²) in [5, 5.41) is 1.37. The van der Waals surface area contributed by atoms with Crippen LogP contribution in [-0.4, -0.2) is 72.5 Å². The molecule has 0 radical (unpaired) electrons. The quantitative estimate of drug-likeness (QED) is 0.338. The maximum atomic E-state index is 14.5. The van der Waals surface area contributed by atoms with Gasteiger partial charge in [-0.2, -0.15) is 0 Å². The molecule has 0 aliphatic carbocycles. The van der Waals surface area contributed by atoms with E-state index in [2.05, 4.69) is 15.9 Å². The fraction of sp³-hybridized carbons (Fsp3) is 0.581. The smallest absolute Gasteiger partial charge is 0.227 e. The van der Waals surface area contributed by atoms with Gasteiger partial charge in [-0.05, 0) is 107 Å². The van der Waals surface area contributed by atoms with Crippen LogP contribution in [0, 0.1) is 5.82 Å². The first-order valence-electron chi connectivity index (χ1n) is 14.5. The standard InChI is InChI=1S/C31H39Cl3FN3O/c32-26-6-4-7-29(35)25(26)21-30(39)38-16-5-12-31(22-38,23-8-9-27(33)28(34)20-23)13-19-36-17-10-24(11-18-36)37-14-2-1-3-15-37/h4,6-9,20,24H,1-3,5,10-19,21-22H2/t31-/m0/s1. The monoisotopic (exact) mass is 593 g/mol. The Morgan fingerprint density at radius 3 is 2.38 bits per heavy atom. The van der Waals surface area contributed by atoms with Gasteiger partial charge in [-0.3, -0.25) is 4.79 Å². The van der Waals surface area contributed by atoms with Crippen LogP contribution >= 0.6 is 34.8 Å². The molecule has 1 atom stereocenters. The molecule has 3 fully saturated rings. The average molecular weight is 595 g/mol. The Bertz CT molecular complexity index is 1130. The third-order valence-corrected chi connectivity index (χ3v) is 10.3. The minimum atomic E-state index is -0.434. The van der Waals surface area contributed by atoms with Gasteiger partial charge in [0.05, 0.1) is 16.5 Å². The van der Waals surface area contributed by atoms with E-state index in [9.17, 15) is 9.18 Å². The van der Waals surface area contributed by atoms with Gasteiger partial charge in [0.1, 0.15) is 5.82 Å². The van der Waals surface area contributed by atoms with Crippen molar-refractivity contribution in [3.8, 4) is 0 Å². The number of rotatable bonds is 7. The van der Waals surface area contributed by atoms with Gasteiger partial charge in [0.2, 0.25) is 5.91 Å². The van der Waals surface area contributed by atoms with Crippen LogP contribution in [0.5, 0.6) is 0 Å². The van der Waals surface area contributed by atoms with Gasteiger partial charge in [0.25, 0.3) is 0 Å². The second kappa shape index (κ2) is 13.1. The average Bonchev–Trinajstić information content (AvgIpc) is 2.96. The van der Waals surface area contributed by atoms with Gasteiger partial charge in [-0.25, -0.2) is 4.39 Å². The van der Waals surface area contributed by atoms with Crippen molar-refractivity contribution >= 4 is 40.7 Å². The van der Waals surface area contributed by atoms with Crippen molar-refractivity contribution in [2.45, 2.75) is 69.2 Å². The molecule has 5 rings (SSSR count). The van der Waals surface area contributed by atoms with Crippen LogP contribution in [0.2, 0.25) is 15.1 Å². The van der Waals surface area contributed by atoms with E-state index in [1.54, 1.807) is 12.1 Å². The summed E-state index contributed by atoms with van der Waals surface area (Å²) in [5.41, 5.74) is 1.17. The van der Waals surface area contributed by atoms with Gasteiger partial charge < -0.3 is 14.7 Å². The van der Waals surface area contributed by atoms with E-state index in [0.717, 1.165) is 50.5 Å². The van der Waals surface area contributed by atoms with E-state index < -0.39 is 5.82 Å². The largest absolute Gasteiger partial charge is 0.342 e. The molecule has 0 spiro atoms. The SMILES string of the molecule is O=C(Cc1c(F)cccc1Cl)N1CCC[C@@](CCN2CCC(N3CCCCC3)CC2)(c2ccc(Cl)c(Cl)c2)C1. The number of carbonyl (C=O) groups excluding carboxylic acids is 1. The highest BCUT2D eigenvalue weighted by atomic mass is 35.5. The normalized spacial score (nSPS) is 23.7. The first-order chi connectivity index (χ1) is 18.8. The third kappa shape index (κ3) is 6.93. The predicted molar refractivity (Wildman–Crippen MR) is 159 cm³/mol. The molecule has 39 heavy (non-hydrogen) atoms. The van der Waals surface area contributed by atoms with Crippen LogP contribution in [0.15, 0.2) is 36.4 Å². The molecule has 212 valence electrons. The summed E-state index contributed by atoms with van der Waals surface area (Å²) in [6, 6.07) is 11.2. The van der Waals surface area contributed by atoms with Crippen molar-refractivity contribution in [3.63, 3.8) is 0 Å². The Kier molecular flexibility index (Phi) is 9.77. The molecule has 2 aromatic carbocycles. The highest BCUT2D eigenvalue weighted by molar-refractivity contribution is 6.42. The summed E-state index contributed by atoms with van der Waals surface area (Å²) < 4.78 is 14.5. The van der Waals surface area contributed by atoms with E-state index in [-0.39, 0.29) is 23.3 Å². The lowest BCUT2D eigenvalue weighted by Gasteiger charge is -2.45. The zero-order valence-electron chi connectivity index (χ0n) is 22.6. The van der Waals surface area contributed by atoms with E-state index in [1.807, 2.05) is 17.0 Å². The lowest BCUT2D eigenvalue weighted by molar-refractivity contribution is -0.133. The Balaban J connectivity index is 1.29. The maximum absolute atomic E-state index is 14.5. The molecular weight excluding hydrogens is 556 g/mol. The summed E-state index contributed by atoms with van der Waals surface area (Å²) >= 11 is 19.0. The lowest BCUT2D eigenvalue weighted by atomic mass is 9.71. The van der Waals surface area contributed by atoms with Crippen molar-refractivity contribution in [2.75, 3.05) is 45.8 Å². The second-order valence-corrected chi connectivity index (χ2v) is 12.8. The molecule has 3 heterocycles. The van der Waals surface area contributed by atoms with Gasteiger partial charge in [-0.15, -0.1) is 0 Å². The highest BCUT2D eigenvalue weighted by Gasteiger charge is 2.39. The van der Waals surface area contributed by atoms with Gasteiger partial charge in [-0.1, -0.05) is 53.4 Å². The number of benzene rings is 2. The molecule has 2 aromatic rings. The number of amides is 1. The molecule has 8 heteroatoms. The number of nitrogens with zero attached hydrogens (tertiary/aromatic N) is 3. The van der Waals surface area contributed by atoms with Crippen molar-refractivity contribution in [2.24, 2.45) is 0 Å². The van der Waals surface area contributed by atoms with Crippen molar-refractivity contribution in [1.29, 1.82) is 0 Å². The molecule has 4 nitrogen and oxygen atoms in total. The molecular formula is C31H39Cl3FN3O. The Morgan fingerprint density at radius 1 is 0.897 bits per heavy atom. The number of halogens is 4. The number of carbonyl (C=O) groups is 1. The number of likely N-dealkylation sites (tertiary alicyclic amines) is 3. The van der Waals surface area contributed by atoms with Crippen LogP contribution in [-0.2, 0) is 16.6 Å². The first kappa shape index (κ1) is 29.1. The molecule has 0 aromatic heterocycles. The highest BCUT2D eigenvalue weighted by Crippen LogP contribution is 2.40. The maximum Gasteiger partial charge on any atom is 0.227 e. The summed E-state index contributed by atoms with van der Waals surface area (Å²) in [5.74, 6) is -0.523. The van der Waals surface area contributed by atoms with Crippen LogP contribution in [0.1, 0.15) is 62.5 Å². The summed E-state index contributed by atoms with van der Waals surface area (Å²) in [6.07, 6.45) is 9.26. The van der Waals surface area contributed by atoms with Gasteiger partial charge >= 0.3 is 0 Å². The zero-order chi connectivity index (χ0) is 27.4. The molecule has 0 saturated carbocycles. The van der Waals surface area contributed by atoms with Crippen LogP contribution in [0.3, 0.4) is 0 Å². The molecule has 0 bridgehead atoms. The Labute approximate surface area is 247 Å². The minimum Gasteiger partial charge on any atom is -0.342 e. The fourth-order valence-electron chi connectivity index (χ4n) is 6.88. The molecule has 3 saturated heterocycles. The molecule has 3 aliphatic rings. The molecule has 1 amide bonds. The summed E-state index contributed by atoms with van der Waals surface area (Å²) in [4.78, 5) is 20.7. The van der Waals surface area contributed by atoms with E-state index in [4.69, 9.17) is 34.8 Å². The van der Waals surface area contributed by atoms with Gasteiger partial charge in [0.15, 0.2) is 0 Å². The Hall–Kier alpha value is -1.37. The molecule has 0 unspecified atom stereocenters. The summed E-state index contributed by atoms with van der Waals surface area (Å²) in [7, 11) is 0. The number of piperidine rings is 3. The van der Waals surface area contributed by atoms with Crippen molar-refractivity contribution in [3.05, 3.63) is 68.4 Å². The van der Waals surface area contributed by atoms with Crippen LogP contribution < -0.4 is 0 Å². The second-order valence-electron chi connectivity index (χ2n) is 11.6. The number of hydrogen-bond donors (Lipinski definition) is 0. The van der Waals surface area contributed by atoms with Crippen LogP contribution in [0.25, 0.3) is 0 Å². The zero-order valence-corrected chi connectivity index (χ0v) is 24.9. The lowest BCUT2D eigenvalue weighted by Crippen LogP contribution is -2.51. The van der Waals surface area contributed by atoms with Crippen molar-refractivity contribution in [1.82, 2.24) is 14.7 Å². The molecule has 3 aliphatic heterocycles. The van der Waals surface area contributed by atoms with E-state index >= 15 is 0 Å².